The first-order valence-corrected chi connectivity index (χ1v) is 15.2. The van der Waals surface area contributed by atoms with Gasteiger partial charge in [0.15, 0.2) is 0 Å². The Morgan fingerprint density at radius 2 is 1.75 bits per heavy atom. The molecule has 8 heteroatoms. The Kier molecular flexibility index (Phi) is 7.92. The zero-order valence-electron chi connectivity index (χ0n) is 23.1. The van der Waals surface area contributed by atoms with Crippen LogP contribution in [0.1, 0.15) is 46.8 Å². The molecule has 1 heterocycles. The summed E-state index contributed by atoms with van der Waals surface area (Å²) in [4.78, 5) is 21.7. The van der Waals surface area contributed by atoms with Crippen LogP contribution in [0.5, 0.6) is 0 Å². The highest BCUT2D eigenvalue weighted by Gasteiger charge is 2.45. The molecular formula is C32H36N4O3S. The third-order valence-corrected chi connectivity index (χ3v) is 9.36. The smallest absolute Gasteiger partial charge is 0.264 e. The zero-order chi connectivity index (χ0) is 28.3. The molecule has 1 saturated carbocycles. The fraction of sp³-hybridized carbons (Fsp3) is 0.312. The van der Waals surface area contributed by atoms with E-state index in [-0.39, 0.29) is 16.2 Å². The van der Waals surface area contributed by atoms with Crippen LogP contribution in [0.4, 0.5) is 11.4 Å². The minimum absolute atomic E-state index is 0.0291. The van der Waals surface area contributed by atoms with Crippen LogP contribution < -0.4 is 4.72 Å². The van der Waals surface area contributed by atoms with Gasteiger partial charge in [0.1, 0.15) is 4.90 Å². The van der Waals surface area contributed by atoms with Gasteiger partial charge in [-0.2, -0.15) is 0 Å². The van der Waals surface area contributed by atoms with Crippen molar-refractivity contribution >= 4 is 40.1 Å². The van der Waals surface area contributed by atoms with Gasteiger partial charge in [-0.05, 0) is 68.8 Å². The molecule has 0 atom stereocenters. The van der Waals surface area contributed by atoms with E-state index >= 15 is 0 Å². The van der Waals surface area contributed by atoms with Crippen LogP contribution in [0, 0.1) is 6.92 Å². The largest absolute Gasteiger partial charge is 0.336 e. The molecule has 7 nitrogen and oxygen atoms in total. The van der Waals surface area contributed by atoms with Gasteiger partial charge in [-0.15, -0.1) is 0 Å². The average molecular weight is 557 g/mol. The maximum absolute atomic E-state index is 13.3. The second kappa shape index (κ2) is 11.4. The molecule has 2 aliphatic rings. The third kappa shape index (κ3) is 5.74. The summed E-state index contributed by atoms with van der Waals surface area (Å²) in [6.45, 7) is 11.3. The molecule has 0 aromatic heterocycles. The van der Waals surface area contributed by atoms with Crippen molar-refractivity contribution in [1.82, 2.24) is 9.80 Å². The highest BCUT2D eigenvalue weighted by Crippen LogP contribution is 2.48. The van der Waals surface area contributed by atoms with Crippen molar-refractivity contribution in [3.05, 3.63) is 95.1 Å². The van der Waals surface area contributed by atoms with Gasteiger partial charge in [0.2, 0.25) is 0 Å². The van der Waals surface area contributed by atoms with Crippen LogP contribution in [-0.4, -0.2) is 63.6 Å². The number of para-hydroxylation sites is 1. The van der Waals surface area contributed by atoms with Crippen LogP contribution in [0.25, 0.3) is 6.08 Å². The number of benzene rings is 3. The summed E-state index contributed by atoms with van der Waals surface area (Å²) in [5.41, 5.74) is 4.30. The minimum atomic E-state index is -3.93. The van der Waals surface area contributed by atoms with Crippen molar-refractivity contribution in [3.8, 4) is 0 Å². The number of aryl methyl sites for hydroxylation is 1. The Labute approximate surface area is 237 Å². The van der Waals surface area contributed by atoms with Crippen molar-refractivity contribution < 1.29 is 13.2 Å². The summed E-state index contributed by atoms with van der Waals surface area (Å²) in [5.74, 6) is -0.0291. The molecule has 1 saturated heterocycles. The molecule has 2 fully saturated rings. The quantitative estimate of drug-likeness (QED) is 0.345. The highest BCUT2D eigenvalue weighted by molar-refractivity contribution is 7.92. The lowest BCUT2D eigenvalue weighted by Crippen LogP contribution is -2.50. The summed E-state index contributed by atoms with van der Waals surface area (Å²) in [5, 5.41) is 0. The van der Waals surface area contributed by atoms with Crippen LogP contribution in [-0.2, 0) is 15.4 Å². The van der Waals surface area contributed by atoms with Crippen LogP contribution in [0.3, 0.4) is 0 Å². The summed E-state index contributed by atoms with van der Waals surface area (Å²) < 4.78 is 29.2. The Bertz CT molecular complexity index is 1540. The van der Waals surface area contributed by atoms with E-state index in [9.17, 15) is 13.2 Å². The topological polar surface area (TPSA) is 82.1 Å². The van der Waals surface area contributed by atoms with E-state index in [4.69, 9.17) is 0 Å². The number of rotatable bonds is 9. The summed E-state index contributed by atoms with van der Waals surface area (Å²) >= 11 is 0. The molecule has 1 aliphatic carbocycles. The van der Waals surface area contributed by atoms with E-state index < -0.39 is 10.0 Å². The summed E-state index contributed by atoms with van der Waals surface area (Å²) in [6.07, 6.45) is 6.06. The molecule has 0 unspecified atom stereocenters. The van der Waals surface area contributed by atoms with E-state index in [2.05, 4.69) is 51.7 Å². The number of nitrogens with zero attached hydrogens (tertiary/aromatic N) is 3. The number of carbonyl (C=O) groups excluding carboxylic acids is 1. The second-order valence-corrected chi connectivity index (χ2v) is 12.4. The number of carbonyl (C=O) groups is 1. The molecular weight excluding hydrogens is 520 g/mol. The number of amides is 1. The Balaban J connectivity index is 1.23. The van der Waals surface area contributed by atoms with Gasteiger partial charge in [0.25, 0.3) is 15.9 Å². The number of piperazine rings is 1. The maximum Gasteiger partial charge on any atom is 0.264 e. The molecule has 0 radical (unpaired) electrons. The van der Waals surface area contributed by atoms with E-state index in [0.717, 1.165) is 19.6 Å². The van der Waals surface area contributed by atoms with E-state index in [1.54, 1.807) is 43.3 Å². The van der Waals surface area contributed by atoms with Crippen molar-refractivity contribution in [1.29, 1.82) is 0 Å². The minimum Gasteiger partial charge on any atom is -0.336 e. The number of hydrogen-bond donors (Lipinski definition) is 1. The van der Waals surface area contributed by atoms with Gasteiger partial charge >= 0.3 is 0 Å². The fourth-order valence-corrected chi connectivity index (χ4v) is 6.87. The van der Waals surface area contributed by atoms with Crippen LogP contribution in [0.2, 0.25) is 0 Å². The van der Waals surface area contributed by atoms with Crippen LogP contribution in [0.15, 0.2) is 82.7 Å². The fourth-order valence-electron chi connectivity index (χ4n) is 5.55. The number of sulfonamides is 1. The molecule has 1 N–H and O–H groups in total. The first-order valence-electron chi connectivity index (χ1n) is 13.7. The van der Waals surface area contributed by atoms with Crippen LogP contribution >= 0.6 is 0 Å². The summed E-state index contributed by atoms with van der Waals surface area (Å²) in [6, 6.07) is 20.8. The number of nitrogens with one attached hydrogen (secondary N) is 1. The molecule has 0 spiro atoms. The maximum atomic E-state index is 13.3. The Morgan fingerprint density at radius 1 is 1.02 bits per heavy atom. The average Bonchev–Trinajstić information content (AvgIpc) is 3.75. The van der Waals surface area contributed by atoms with Crippen molar-refractivity contribution in [2.24, 2.45) is 4.99 Å². The second-order valence-electron chi connectivity index (χ2n) is 10.7. The lowest BCUT2D eigenvalue weighted by Gasteiger charge is -2.37. The van der Waals surface area contributed by atoms with Crippen molar-refractivity contribution in [3.63, 3.8) is 0 Å². The zero-order valence-corrected chi connectivity index (χ0v) is 24.0. The molecule has 208 valence electrons. The van der Waals surface area contributed by atoms with E-state index in [1.165, 1.54) is 24.5 Å². The molecule has 40 heavy (non-hydrogen) atoms. The SMILES string of the molecule is C=Nc1c(/C=C\C)cccc1S(=O)(=O)Nc1ccc(C(=O)N2CCN(CC3(c4ccccc4)CC3)CC2)cc1C. The first kappa shape index (κ1) is 27.8. The van der Waals surface area contributed by atoms with Gasteiger partial charge in [0.05, 0.1) is 11.4 Å². The molecule has 5 rings (SSSR count). The van der Waals surface area contributed by atoms with Gasteiger partial charge in [-0.25, -0.2) is 8.42 Å². The number of hydrogen-bond acceptors (Lipinski definition) is 5. The van der Waals surface area contributed by atoms with Gasteiger partial charge in [-0.1, -0.05) is 54.6 Å². The Morgan fingerprint density at radius 3 is 2.38 bits per heavy atom. The number of anilines is 1. The lowest BCUT2D eigenvalue weighted by molar-refractivity contribution is 0.0626. The molecule has 3 aromatic rings. The standard InChI is InChI=1S/C32H36N4O3S/c1-4-9-25-10-8-13-29(30(25)33-3)40(38,39)34-28-15-14-26(22-24(28)2)31(37)36-20-18-35(19-21-36)23-32(16-17-32)27-11-6-5-7-12-27/h4-15,22,34H,3,16-21,23H2,1-2H3/b9-4-. The molecule has 1 aliphatic heterocycles. The Hall–Kier alpha value is -3.75. The highest BCUT2D eigenvalue weighted by atomic mass is 32.2. The first-order chi connectivity index (χ1) is 19.3. The van der Waals surface area contributed by atoms with E-state index in [0.29, 0.717) is 41.2 Å². The monoisotopic (exact) mass is 556 g/mol. The third-order valence-electron chi connectivity index (χ3n) is 7.97. The predicted molar refractivity (Wildman–Crippen MR) is 162 cm³/mol. The van der Waals surface area contributed by atoms with Gasteiger partial charge in [0, 0.05) is 49.3 Å². The van der Waals surface area contributed by atoms with Gasteiger partial charge < -0.3 is 4.90 Å². The van der Waals surface area contributed by atoms with Gasteiger partial charge in [-0.3, -0.25) is 19.4 Å². The van der Waals surface area contributed by atoms with Crippen molar-refractivity contribution in [2.75, 3.05) is 37.4 Å². The molecule has 3 aromatic carbocycles. The predicted octanol–water partition coefficient (Wildman–Crippen LogP) is 5.65. The number of allylic oxidation sites excluding steroid dienone is 1. The van der Waals surface area contributed by atoms with Crippen molar-refractivity contribution in [2.45, 2.75) is 37.0 Å². The van der Waals surface area contributed by atoms with E-state index in [1.807, 2.05) is 17.9 Å². The molecule has 1 amide bonds. The summed E-state index contributed by atoms with van der Waals surface area (Å²) in [7, 11) is -3.93. The lowest BCUT2D eigenvalue weighted by atomic mass is 9.95. The molecule has 0 bridgehead atoms. The normalized spacial score (nSPS) is 17.1. The number of aliphatic imine (C=N–C) groups is 1.